The molecule has 0 unspecified atom stereocenters. The van der Waals surface area contributed by atoms with Crippen molar-refractivity contribution in [1.82, 2.24) is 4.98 Å². The normalized spacial score (nSPS) is 10.1. The summed E-state index contributed by atoms with van der Waals surface area (Å²) in [5.41, 5.74) is 6.66. The van der Waals surface area contributed by atoms with Gasteiger partial charge in [0.2, 0.25) is 0 Å². The molecule has 1 aromatic heterocycles. The minimum atomic E-state index is -0.228. The smallest absolute Gasteiger partial charge is 0.256 e. The number of nitrogens with zero attached hydrogens (tertiary/aromatic N) is 1. The molecule has 1 amide bonds. The van der Waals surface area contributed by atoms with E-state index in [1.807, 2.05) is 6.07 Å². The van der Waals surface area contributed by atoms with E-state index in [0.717, 1.165) is 4.47 Å². The highest BCUT2D eigenvalue weighted by Gasteiger charge is 2.09. The fraction of sp³-hybridized carbons (Fsp3) is 0. The van der Waals surface area contributed by atoms with Gasteiger partial charge in [-0.3, -0.25) is 4.79 Å². The number of hydrogen-bond donors (Lipinski definition) is 2. The van der Waals surface area contributed by atoms with Crippen LogP contribution in [-0.4, -0.2) is 10.9 Å². The molecule has 0 spiro atoms. The van der Waals surface area contributed by atoms with Crippen molar-refractivity contribution in [3.63, 3.8) is 0 Å². The van der Waals surface area contributed by atoms with Crippen molar-refractivity contribution in [1.29, 1.82) is 0 Å². The minimum absolute atomic E-state index is 0.228. The topological polar surface area (TPSA) is 68.0 Å². The average Bonchev–Trinajstić information content (AvgIpc) is 2.32. The third kappa shape index (κ3) is 3.08. The number of hydrogen-bond acceptors (Lipinski definition) is 3. The predicted octanol–water partition coefficient (Wildman–Crippen LogP) is 3.44. The van der Waals surface area contributed by atoms with Crippen LogP contribution in [-0.2, 0) is 0 Å². The number of benzene rings is 1. The number of carbonyl (C=O) groups excluding carboxylic acids is 1. The van der Waals surface area contributed by atoms with E-state index < -0.39 is 0 Å². The molecule has 1 aromatic carbocycles. The van der Waals surface area contributed by atoms with Crippen molar-refractivity contribution < 1.29 is 4.79 Å². The second-order valence-electron chi connectivity index (χ2n) is 3.56. The number of pyridine rings is 1. The van der Waals surface area contributed by atoms with Gasteiger partial charge in [-0.05, 0) is 40.2 Å². The van der Waals surface area contributed by atoms with Crippen LogP contribution in [0.3, 0.4) is 0 Å². The zero-order valence-corrected chi connectivity index (χ0v) is 12.3. The molecular weight excluding hydrogens is 362 g/mol. The molecule has 0 aliphatic rings. The summed E-state index contributed by atoms with van der Waals surface area (Å²) < 4.78 is 1.49. The summed E-state index contributed by atoms with van der Waals surface area (Å²) in [6, 6.07) is 8.80. The first kappa shape index (κ1) is 13.0. The third-order valence-electron chi connectivity index (χ3n) is 2.18. The molecule has 0 aliphatic heterocycles. The highest BCUT2D eigenvalue weighted by atomic mass is 79.9. The molecule has 2 rings (SSSR count). The van der Waals surface area contributed by atoms with Crippen LogP contribution in [0.15, 0.2) is 45.5 Å². The lowest BCUT2D eigenvalue weighted by Crippen LogP contribution is -2.13. The first-order valence-electron chi connectivity index (χ1n) is 5.04. The highest BCUT2D eigenvalue weighted by Crippen LogP contribution is 2.22. The second-order valence-corrected chi connectivity index (χ2v) is 5.33. The zero-order chi connectivity index (χ0) is 13.1. The second kappa shape index (κ2) is 5.49. The van der Waals surface area contributed by atoms with Crippen LogP contribution in [0.5, 0.6) is 0 Å². The van der Waals surface area contributed by atoms with Gasteiger partial charge in [-0.1, -0.05) is 22.0 Å². The maximum Gasteiger partial charge on any atom is 0.256 e. The van der Waals surface area contributed by atoms with Gasteiger partial charge in [-0.2, -0.15) is 0 Å². The third-order valence-corrected chi connectivity index (χ3v) is 3.28. The van der Waals surface area contributed by atoms with E-state index >= 15 is 0 Å². The number of amides is 1. The average molecular weight is 371 g/mol. The maximum atomic E-state index is 12.0. The van der Waals surface area contributed by atoms with Crippen LogP contribution in [0.4, 0.5) is 11.5 Å². The Bertz CT molecular complexity index is 602. The van der Waals surface area contributed by atoms with Crippen molar-refractivity contribution in [3.8, 4) is 0 Å². The summed E-state index contributed by atoms with van der Waals surface area (Å²) in [6.07, 6.45) is 1.49. The quantitative estimate of drug-likeness (QED) is 0.850. The Hall–Kier alpha value is -1.40. The molecule has 0 radical (unpaired) electrons. The molecule has 0 fully saturated rings. The fourth-order valence-electron chi connectivity index (χ4n) is 1.35. The number of rotatable bonds is 2. The molecule has 92 valence electrons. The molecule has 0 saturated heterocycles. The summed E-state index contributed by atoms with van der Waals surface area (Å²) in [6.45, 7) is 0. The number of nitrogens with one attached hydrogen (secondary N) is 1. The Morgan fingerprint density at radius 3 is 2.72 bits per heavy atom. The lowest BCUT2D eigenvalue weighted by atomic mass is 10.2. The fourth-order valence-corrected chi connectivity index (χ4v) is 2.22. The van der Waals surface area contributed by atoms with Crippen molar-refractivity contribution in [2.75, 3.05) is 11.1 Å². The molecular formula is C12H9Br2N3O. The van der Waals surface area contributed by atoms with Gasteiger partial charge in [0.1, 0.15) is 5.82 Å². The van der Waals surface area contributed by atoms with Crippen LogP contribution in [0, 0.1) is 0 Å². The molecule has 0 atom stereocenters. The molecule has 0 saturated carbocycles. The number of nitrogens with two attached hydrogens (primary N) is 1. The van der Waals surface area contributed by atoms with Crippen molar-refractivity contribution in [2.45, 2.75) is 0 Å². The Labute approximate surface area is 121 Å². The van der Waals surface area contributed by atoms with Crippen LogP contribution in [0.25, 0.3) is 0 Å². The van der Waals surface area contributed by atoms with E-state index in [9.17, 15) is 4.79 Å². The molecule has 0 aliphatic carbocycles. The SMILES string of the molecule is Nc1cnc(NC(=O)c2cccc(Br)c2)c(Br)c1. The lowest BCUT2D eigenvalue weighted by Gasteiger charge is -2.07. The zero-order valence-electron chi connectivity index (χ0n) is 9.15. The Kier molecular flexibility index (Phi) is 3.98. The standard InChI is InChI=1S/C12H9Br2N3O/c13-8-3-1-2-7(4-8)12(18)17-11-10(14)5-9(15)6-16-11/h1-6H,15H2,(H,16,17,18). The Morgan fingerprint density at radius 2 is 2.06 bits per heavy atom. The van der Waals surface area contributed by atoms with Crippen LogP contribution in [0.1, 0.15) is 10.4 Å². The molecule has 3 N–H and O–H groups in total. The predicted molar refractivity (Wildman–Crippen MR) is 78.4 cm³/mol. The van der Waals surface area contributed by atoms with Gasteiger partial charge in [0.15, 0.2) is 0 Å². The lowest BCUT2D eigenvalue weighted by molar-refractivity contribution is 0.102. The largest absolute Gasteiger partial charge is 0.397 e. The number of nitrogen functional groups attached to an aromatic ring is 1. The minimum Gasteiger partial charge on any atom is -0.397 e. The van der Waals surface area contributed by atoms with Gasteiger partial charge in [-0.15, -0.1) is 0 Å². The molecule has 4 nitrogen and oxygen atoms in total. The van der Waals surface area contributed by atoms with Gasteiger partial charge in [0, 0.05) is 10.0 Å². The molecule has 2 aromatic rings. The van der Waals surface area contributed by atoms with Gasteiger partial charge in [-0.25, -0.2) is 4.98 Å². The summed E-state index contributed by atoms with van der Waals surface area (Å²) in [5.74, 6) is 0.212. The Balaban J connectivity index is 2.21. The maximum absolute atomic E-state index is 12.0. The van der Waals surface area contributed by atoms with Crippen LogP contribution < -0.4 is 11.1 Å². The summed E-state index contributed by atoms with van der Waals surface area (Å²) >= 11 is 6.61. The Morgan fingerprint density at radius 1 is 1.28 bits per heavy atom. The van der Waals surface area contributed by atoms with Crippen LogP contribution in [0.2, 0.25) is 0 Å². The van der Waals surface area contributed by atoms with Crippen molar-refractivity contribution in [3.05, 3.63) is 51.0 Å². The van der Waals surface area contributed by atoms with E-state index in [1.54, 1.807) is 24.3 Å². The number of carbonyl (C=O) groups is 1. The summed E-state index contributed by atoms with van der Waals surface area (Å²) in [4.78, 5) is 16.0. The summed E-state index contributed by atoms with van der Waals surface area (Å²) in [7, 11) is 0. The molecule has 6 heteroatoms. The monoisotopic (exact) mass is 369 g/mol. The summed E-state index contributed by atoms with van der Waals surface area (Å²) in [5, 5.41) is 2.71. The number of aromatic nitrogens is 1. The molecule has 1 heterocycles. The number of anilines is 2. The van der Waals surface area contributed by atoms with Gasteiger partial charge < -0.3 is 11.1 Å². The van der Waals surface area contributed by atoms with Gasteiger partial charge in [0.05, 0.1) is 16.4 Å². The first-order chi connectivity index (χ1) is 8.56. The van der Waals surface area contributed by atoms with Crippen molar-refractivity contribution >= 4 is 49.3 Å². The van der Waals surface area contributed by atoms with Crippen molar-refractivity contribution in [2.24, 2.45) is 0 Å². The van der Waals surface area contributed by atoms with E-state index in [0.29, 0.717) is 21.5 Å². The molecule has 18 heavy (non-hydrogen) atoms. The van der Waals surface area contributed by atoms with Gasteiger partial charge in [0.25, 0.3) is 5.91 Å². The van der Waals surface area contributed by atoms with Gasteiger partial charge >= 0.3 is 0 Å². The number of halogens is 2. The van der Waals surface area contributed by atoms with E-state index in [4.69, 9.17) is 5.73 Å². The molecule has 0 bridgehead atoms. The first-order valence-corrected chi connectivity index (χ1v) is 6.63. The van der Waals surface area contributed by atoms with E-state index in [2.05, 4.69) is 42.2 Å². The van der Waals surface area contributed by atoms with Crippen LogP contribution >= 0.6 is 31.9 Å². The van der Waals surface area contributed by atoms with E-state index in [-0.39, 0.29) is 5.91 Å². The highest BCUT2D eigenvalue weighted by molar-refractivity contribution is 9.10. The van der Waals surface area contributed by atoms with E-state index in [1.165, 1.54) is 6.20 Å².